The predicted octanol–water partition coefficient (Wildman–Crippen LogP) is 3.87. The number of hydrogen-bond donors (Lipinski definition) is 1. The third-order valence-corrected chi connectivity index (χ3v) is 5.16. The average Bonchev–Trinajstić information content (AvgIpc) is 2.92. The summed E-state index contributed by atoms with van der Waals surface area (Å²) in [6.07, 6.45) is 0.681. The van der Waals surface area contributed by atoms with Crippen LogP contribution in [0.25, 0.3) is 0 Å². The van der Waals surface area contributed by atoms with Crippen molar-refractivity contribution in [3.8, 4) is 0 Å². The SMILES string of the molecule is Cc1ccc2c(c1)SC(C(=O)Nc1ccc(C)c([N+](=O)[O-])c1)C2. The minimum absolute atomic E-state index is 0.0146. The highest BCUT2D eigenvalue weighted by Gasteiger charge is 2.28. The lowest BCUT2D eigenvalue weighted by molar-refractivity contribution is -0.385. The number of thioether (sulfide) groups is 1. The first-order valence-corrected chi connectivity index (χ1v) is 8.14. The second-order valence-electron chi connectivity index (χ2n) is 5.67. The first-order chi connectivity index (χ1) is 10.9. The van der Waals surface area contributed by atoms with E-state index in [2.05, 4.69) is 17.4 Å². The fourth-order valence-electron chi connectivity index (χ4n) is 2.59. The zero-order chi connectivity index (χ0) is 16.6. The van der Waals surface area contributed by atoms with Crippen molar-refractivity contribution in [1.29, 1.82) is 0 Å². The summed E-state index contributed by atoms with van der Waals surface area (Å²) in [5.41, 5.74) is 3.40. The molecule has 0 bridgehead atoms. The molecule has 6 heteroatoms. The lowest BCUT2D eigenvalue weighted by Crippen LogP contribution is -2.24. The van der Waals surface area contributed by atoms with Gasteiger partial charge in [-0.15, -0.1) is 11.8 Å². The van der Waals surface area contributed by atoms with E-state index in [0.29, 0.717) is 17.7 Å². The van der Waals surface area contributed by atoms with E-state index < -0.39 is 4.92 Å². The second-order valence-corrected chi connectivity index (χ2v) is 6.91. The van der Waals surface area contributed by atoms with Gasteiger partial charge in [-0.1, -0.05) is 23.8 Å². The second kappa shape index (κ2) is 6.04. The Morgan fingerprint density at radius 2 is 2.04 bits per heavy atom. The van der Waals surface area contributed by atoms with Gasteiger partial charge in [0.1, 0.15) is 0 Å². The highest BCUT2D eigenvalue weighted by atomic mass is 32.2. The molecule has 0 radical (unpaired) electrons. The zero-order valence-corrected chi connectivity index (χ0v) is 13.6. The number of fused-ring (bicyclic) bond motifs is 1. The summed E-state index contributed by atoms with van der Waals surface area (Å²) in [4.78, 5) is 24.1. The number of nitro benzene ring substituents is 1. The molecule has 3 rings (SSSR count). The molecule has 1 aliphatic rings. The van der Waals surface area contributed by atoms with Crippen molar-refractivity contribution in [3.63, 3.8) is 0 Å². The maximum absolute atomic E-state index is 12.4. The molecule has 0 saturated carbocycles. The van der Waals surface area contributed by atoms with E-state index in [1.165, 1.54) is 17.2 Å². The number of benzene rings is 2. The molecule has 0 spiro atoms. The van der Waals surface area contributed by atoms with Crippen LogP contribution in [0.4, 0.5) is 11.4 Å². The topological polar surface area (TPSA) is 72.2 Å². The fraction of sp³-hybridized carbons (Fsp3) is 0.235. The summed E-state index contributed by atoms with van der Waals surface area (Å²) in [7, 11) is 0. The summed E-state index contributed by atoms with van der Waals surface area (Å²) < 4.78 is 0. The minimum atomic E-state index is -0.437. The van der Waals surface area contributed by atoms with Gasteiger partial charge in [0.25, 0.3) is 5.69 Å². The summed E-state index contributed by atoms with van der Waals surface area (Å²) in [5.74, 6) is -0.123. The van der Waals surface area contributed by atoms with Crippen LogP contribution < -0.4 is 5.32 Å². The van der Waals surface area contributed by atoms with Gasteiger partial charge >= 0.3 is 0 Å². The fourth-order valence-corrected chi connectivity index (χ4v) is 3.88. The molecular weight excluding hydrogens is 312 g/mol. The molecule has 1 unspecified atom stereocenters. The maximum Gasteiger partial charge on any atom is 0.274 e. The lowest BCUT2D eigenvalue weighted by Gasteiger charge is -2.10. The molecule has 0 fully saturated rings. The Morgan fingerprint density at radius 3 is 2.78 bits per heavy atom. The van der Waals surface area contributed by atoms with Crippen LogP contribution in [0.3, 0.4) is 0 Å². The van der Waals surface area contributed by atoms with Crippen molar-refractivity contribution < 1.29 is 9.72 Å². The molecule has 0 aromatic heterocycles. The van der Waals surface area contributed by atoms with Gasteiger partial charge in [-0.05, 0) is 38.0 Å². The number of anilines is 1. The largest absolute Gasteiger partial charge is 0.325 e. The Hall–Kier alpha value is -2.34. The van der Waals surface area contributed by atoms with Gasteiger partial charge < -0.3 is 5.32 Å². The van der Waals surface area contributed by atoms with Crippen LogP contribution in [0.15, 0.2) is 41.3 Å². The number of aryl methyl sites for hydroxylation is 2. The molecule has 1 amide bonds. The molecule has 2 aromatic carbocycles. The molecule has 2 aromatic rings. The number of carbonyl (C=O) groups excluding carboxylic acids is 1. The summed E-state index contributed by atoms with van der Waals surface area (Å²) in [6.45, 7) is 3.70. The van der Waals surface area contributed by atoms with Gasteiger partial charge in [-0.2, -0.15) is 0 Å². The van der Waals surface area contributed by atoms with Crippen LogP contribution in [0.1, 0.15) is 16.7 Å². The number of nitrogens with one attached hydrogen (secondary N) is 1. The molecule has 1 aliphatic heterocycles. The van der Waals surface area contributed by atoms with E-state index in [0.717, 1.165) is 4.90 Å². The molecule has 1 N–H and O–H groups in total. The van der Waals surface area contributed by atoms with E-state index in [4.69, 9.17) is 0 Å². The predicted molar refractivity (Wildman–Crippen MR) is 91.0 cm³/mol. The highest BCUT2D eigenvalue weighted by Crippen LogP contribution is 2.38. The Balaban J connectivity index is 1.74. The highest BCUT2D eigenvalue weighted by molar-refractivity contribution is 8.01. The van der Waals surface area contributed by atoms with Gasteiger partial charge in [0.05, 0.1) is 10.2 Å². The molecule has 118 valence electrons. The number of hydrogen-bond acceptors (Lipinski definition) is 4. The standard InChI is InChI=1S/C17H16N2O3S/c1-10-3-5-12-8-16(23-15(12)7-10)17(20)18-13-6-4-11(2)14(9-13)19(21)22/h3-7,9,16H,8H2,1-2H3,(H,18,20). The zero-order valence-electron chi connectivity index (χ0n) is 12.8. The summed E-state index contributed by atoms with van der Waals surface area (Å²) >= 11 is 1.55. The van der Waals surface area contributed by atoms with E-state index in [1.54, 1.807) is 30.8 Å². The number of rotatable bonds is 3. The summed E-state index contributed by atoms with van der Waals surface area (Å²) in [6, 6.07) is 10.9. The maximum atomic E-state index is 12.4. The van der Waals surface area contributed by atoms with Crippen molar-refractivity contribution in [3.05, 3.63) is 63.2 Å². The van der Waals surface area contributed by atoms with Crippen molar-refractivity contribution in [1.82, 2.24) is 0 Å². The van der Waals surface area contributed by atoms with E-state index in [-0.39, 0.29) is 16.8 Å². The lowest BCUT2D eigenvalue weighted by atomic mass is 10.1. The van der Waals surface area contributed by atoms with Gasteiger partial charge in [0, 0.05) is 22.2 Å². The Labute approximate surface area is 138 Å². The molecule has 0 saturated heterocycles. The Bertz CT molecular complexity index is 804. The monoisotopic (exact) mass is 328 g/mol. The first-order valence-electron chi connectivity index (χ1n) is 7.26. The van der Waals surface area contributed by atoms with Crippen molar-refractivity contribution in [2.24, 2.45) is 0 Å². The molecule has 0 aliphatic carbocycles. The van der Waals surface area contributed by atoms with Crippen LogP contribution >= 0.6 is 11.8 Å². The Morgan fingerprint density at radius 1 is 1.26 bits per heavy atom. The Kier molecular flexibility index (Phi) is 4.09. The third kappa shape index (κ3) is 3.22. The van der Waals surface area contributed by atoms with Crippen LogP contribution in [-0.2, 0) is 11.2 Å². The van der Waals surface area contributed by atoms with E-state index in [1.807, 2.05) is 13.0 Å². The van der Waals surface area contributed by atoms with Gasteiger partial charge in [-0.3, -0.25) is 14.9 Å². The smallest absolute Gasteiger partial charge is 0.274 e. The van der Waals surface area contributed by atoms with Crippen molar-refractivity contribution in [2.45, 2.75) is 30.4 Å². The van der Waals surface area contributed by atoms with E-state index >= 15 is 0 Å². The normalized spacial score (nSPS) is 16.0. The van der Waals surface area contributed by atoms with Crippen molar-refractivity contribution in [2.75, 3.05) is 5.32 Å². The van der Waals surface area contributed by atoms with Crippen LogP contribution in [0.5, 0.6) is 0 Å². The molecule has 23 heavy (non-hydrogen) atoms. The van der Waals surface area contributed by atoms with Crippen LogP contribution in [0.2, 0.25) is 0 Å². The molecule has 1 heterocycles. The number of amides is 1. The third-order valence-electron chi connectivity index (χ3n) is 3.86. The number of nitro groups is 1. The summed E-state index contributed by atoms with van der Waals surface area (Å²) in [5, 5.41) is 13.6. The van der Waals surface area contributed by atoms with E-state index in [9.17, 15) is 14.9 Å². The van der Waals surface area contributed by atoms with Crippen LogP contribution in [0, 0.1) is 24.0 Å². The van der Waals surface area contributed by atoms with Crippen molar-refractivity contribution >= 4 is 29.0 Å². The van der Waals surface area contributed by atoms with Gasteiger partial charge in [-0.25, -0.2) is 0 Å². The molecular formula is C17H16N2O3S. The van der Waals surface area contributed by atoms with Gasteiger partial charge in [0.2, 0.25) is 5.91 Å². The number of nitrogens with zero attached hydrogens (tertiary/aromatic N) is 1. The van der Waals surface area contributed by atoms with Gasteiger partial charge in [0.15, 0.2) is 0 Å². The average molecular weight is 328 g/mol. The first kappa shape index (κ1) is 15.6. The number of carbonyl (C=O) groups is 1. The minimum Gasteiger partial charge on any atom is -0.325 e. The molecule has 1 atom stereocenters. The van der Waals surface area contributed by atoms with Crippen LogP contribution in [-0.4, -0.2) is 16.1 Å². The molecule has 5 nitrogen and oxygen atoms in total. The quantitative estimate of drug-likeness (QED) is 0.686.